The molecule has 0 bridgehead atoms. The van der Waals surface area contributed by atoms with Crippen molar-refractivity contribution in [2.75, 3.05) is 31.7 Å². The average molecular weight is 671 g/mol. The Morgan fingerprint density at radius 2 is 1.86 bits per heavy atom. The molecule has 0 aromatic carbocycles. The Hall–Kier alpha value is -1.87. The minimum Gasteiger partial charge on any atom is -0.444 e. The van der Waals surface area contributed by atoms with Gasteiger partial charge < -0.3 is 23.8 Å². The van der Waals surface area contributed by atoms with E-state index in [0.717, 1.165) is 24.8 Å². The van der Waals surface area contributed by atoms with E-state index < -0.39 is 40.9 Å². The lowest BCUT2D eigenvalue weighted by Crippen LogP contribution is -2.29. The molecule has 1 aromatic rings. The Balaban J connectivity index is 0.00000160. The number of carbonyl (C=O) groups excluding carboxylic acids is 1. The van der Waals surface area contributed by atoms with E-state index >= 15 is 0 Å². The van der Waals surface area contributed by atoms with E-state index in [2.05, 4.69) is 19.5 Å². The van der Waals surface area contributed by atoms with Crippen LogP contribution in [0, 0.1) is 0 Å². The fraction of sp³-hybridized carbons (Fsp3) is 0.667. The van der Waals surface area contributed by atoms with Crippen LogP contribution in [0.2, 0.25) is 0 Å². The van der Waals surface area contributed by atoms with Crippen molar-refractivity contribution in [3.63, 3.8) is 0 Å². The number of anilines is 1. The Labute approximate surface area is 261 Å². The van der Waals surface area contributed by atoms with Crippen molar-refractivity contribution in [1.29, 1.82) is 0 Å². The average Bonchev–Trinajstić information content (AvgIpc) is 3.45. The highest BCUT2D eigenvalue weighted by molar-refractivity contribution is 7.54. The lowest BCUT2D eigenvalue weighted by molar-refractivity contribution is -0.250. The number of aromatic nitrogens is 2. The van der Waals surface area contributed by atoms with Gasteiger partial charge in [-0.3, -0.25) is 9.88 Å². The van der Waals surface area contributed by atoms with Crippen LogP contribution in [0.25, 0.3) is 0 Å². The summed E-state index contributed by atoms with van der Waals surface area (Å²) in [5.74, 6) is 0.0554. The topological polar surface area (TPSA) is 200 Å². The molecule has 254 valence electrons. The van der Waals surface area contributed by atoms with Gasteiger partial charge in [0.15, 0.2) is 0 Å². The monoisotopic (exact) mass is 670 g/mol. The van der Waals surface area contributed by atoms with Gasteiger partial charge in [-0.2, -0.15) is 24.2 Å². The van der Waals surface area contributed by atoms with Crippen LogP contribution in [-0.2, 0) is 28.1 Å². The molecule has 17 heteroatoms. The summed E-state index contributed by atoms with van der Waals surface area (Å²) in [4.78, 5) is 68.7. The van der Waals surface area contributed by atoms with E-state index in [9.17, 15) is 19.4 Å². The minimum atomic E-state index is -4.04. The van der Waals surface area contributed by atoms with E-state index in [1.807, 2.05) is 59.8 Å². The summed E-state index contributed by atoms with van der Waals surface area (Å²) < 4.78 is 26.1. The molecule has 1 fully saturated rings. The number of hydrogen-bond donors (Lipinski definition) is 5. The molecule has 0 radical (unpaired) electrons. The third-order valence-corrected chi connectivity index (χ3v) is 6.67. The number of amides is 1. The summed E-state index contributed by atoms with van der Waals surface area (Å²) in [7, 11) is -6.15. The molecule has 0 saturated carbocycles. The second kappa shape index (κ2) is 25.3. The number of nitrogens with one attached hydrogen (secondary N) is 1. The lowest BCUT2D eigenvalue weighted by atomic mass is 10.2. The Morgan fingerprint density at radius 3 is 2.45 bits per heavy atom. The Bertz CT molecular complexity index is 1020. The minimum absolute atomic E-state index is 0.0554. The second-order valence-electron chi connectivity index (χ2n) is 8.83. The van der Waals surface area contributed by atoms with Gasteiger partial charge in [0.2, 0.25) is 0 Å². The summed E-state index contributed by atoms with van der Waals surface area (Å²) in [6, 6.07) is 1.46. The predicted octanol–water partition coefficient (Wildman–Crippen LogP) is 5.46. The van der Waals surface area contributed by atoms with Gasteiger partial charge in [-0.25, -0.2) is 9.59 Å². The summed E-state index contributed by atoms with van der Waals surface area (Å²) in [6.45, 7) is 12.3. The van der Waals surface area contributed by atoms with E-state index in [1.54, 1.807) is 0 Å². The van der Waals surface area contributed by atoms with Gasteiger partial charge in [-0.1, -0.05) is 58.8 Å². The highest BCUT2D eigenvalue weighted by Crippen LogP contribution is 2.52. The fourth-order valence-corrected chi connectivity index (χ4v) is 4.16. The van der Waals surface area contributed by atoms with Crippen LogP contribution in [0.5, 0.6) is 0 Å². The zero-order chi connectivity index (χ0) is 33.4. The van der Waals surface area contributed by atoms with Crippen LogP contribution >= 0.6 is 16.8 Å². The second-order valence-corrected chi connectivity index (χ2v) is 11.0. The summed E-state index contributed by atoms with van der Waals surface area (Å²) in [6.07, 6.45) is 9.66. The molecule has 0 aliphatic carbocycles. The number of unbranched alkanes of at least 4 members (excludes halogenated alkanes) is 2. The molecule has 5 N–H and O–H groups in total. The first kappa shape index (κ1) is 42.1. The molecule has 0 spiro atoms. The summed E-state index contributed by atoms with van der Waals surface area (Å²) in [5, 5.41) is 2.42. The Morgan fingerprint density at radius 1 is 1.18 bits per heavy atom. The van der Waals surface area contributed by atoms with Gasteiger partial charge in [-0.05, 0) is 51.2 Å². The van der Waals surface area contributed by atoms with E-state index in [4.69, 9.17) is 28.7 Å². The molecule has 2 atom stereocenters. The van der Waals surface area contributed by atoms with Gasteiger partial charge in [-0.15, -0.1) is 0 Å². The van der Waals surface area contributed by atoms with Crippen molar-refractivity contribution in [2.45, 2.75) is 92.4 Å². The van der Waals surface area contributed by atoms with Gasteiger partial charge >= 0.3 is 28.6 Å². The van der Waals surface area contributed by atoms with Gasteiger partial charge in [0.05, 0.1) is 12.7 Å². The molecule has 1 saturated heterocycles. The molecule has 1 amide bonds. The van der Waals surface area contributed by atoms with E-state index in [0.29, 0.717) is 25.9 Å². The maximum absolute atomic E-state index is 12.4. The highest BCUT2D eigenvalue weighted by atomic mass is 31.2. The van der Waals surface area contributed by atoms with Crippen molar-refractivity contribution in [3.8, 4) is 0 Å². The standard InChI is InChI=1S/C21H32N3O9P.C4H11O3P.C2H6/c1-4-7-13-31-34(27,28)33-30-15-17-9-10-19(32-17)24-12-11-18(22-20(24)25)23-21(26)29-14-16(6-3)8-5-2;1-2-3-4-7-8(5)6;1-2/h5-6,8,11-12,17,19,27-28H,4,7,9-10,13-15H2,1-3H3;5-6H,2-4H2,1H3;1-2H3/p+1/b8-5-,16-6+;;. The zero-order valence-electron chi connectivity index (χ0n) is 26.5. The maximum atomic E-state index is 12.4. The summed E-state index contributed by atoms with van der Waals surface area (Å²) in [5.41, 5.74) is 0.224. The van der Waals surface area contributed by atoms with Gasteiger partial charge in [0, 0.05) is 10.9 Å². The number of rotatable bonds is 17. The molecule has 44 heavy (non-hydrogen) atoms. The molecule has 2 rings (SSSR count). The third-order valence-electron chi connectivity index (χ3n) is 5.44. The first-order valence-electron chi connectivity index (χ1n) is 14.6. The number of ether oxygens (including phenoxy) is 2. The largest absolute Gasteiger partial charge is 0.600 e. The van der Waals surface area contributed by atoms with Crippen LogP contribution in [0.1, 0.15) is 86.3 Å². The normalized spacial score (nSPS) is 16.8. The quantitative estimate of drug-likeness (QED) is 0.0460. The number of hydrogen-bond acceptors (Lipinski definition) is 13. The van der Waals surface area contributed by atoms with E-state index in [1.165, 1.54) is 16.8 Å². The van der Waals surface area contributed by atoms with Crippen molar-refractivity contribution >= 4 is 28.7 Å². The molecule has 1 aliphatic heterocycles. The van der Waals surface area contributed by atoms with Crippen LogP contribution in [-0.4, -0.2) is 67.7 Å². The fourth-order valence-electron chi connectivity index (χ4n) is 3.26. The number of carbonyl (C=O) groups is 1. The first-order chi connectivity index (χ1) is 21.0. The highest BCUT2D eigenvalue weighted by Gasteiger charge is 2.42. The van der Waals surface area contributed by atoms with Gasteiger partial charge in [0.25, 0.3) is 0 Å². The molecule has 1 aromatic heterocycles. The Kier molecular flexibility index (Phi) is 24.3. The molecular formula is C27H50N3O12P2+. The maximum Gasteiger partial charge on any atom is 0.600 e. The van der Waals surface area contributed by atoms with Gasteiger partial charge in [0.1, 0.15) is 31.9 Å². The van der Waals surface area contributed by atoms with Crippen LogP contribution in [0.3, 0.4) is 0 Å². The molecule has 15 nitrogen and oxygen atoms in total. The summed E-state index contributed by atoms with van der Waals surface area (Å²) >= 11 is 0. The van der Waals surface area contributed by atoms with Crippen LogP contribution in [0.4, 0.5) is 10.6 Å². The van der Waals surface area contributed by atoms with Crippen molar-refractivity contribution in [1.82, 2.24) is 9.55 Å². The number of allylic oxidation sites excluding steroid dienone is 2. The molecule has 2 heterocycles. The number of nitrogens with zero attached hydrogens (tertiary/aromatic N) is 2. The lowest BCUT2D eigenvalue weighted by Gasteiger charge is -2.16. The SMILES string of the molecule is C/C=C\C(=C/C)COC(=O)Nc1ccn(C2CCC(COO[P+](O)(O)OCCCC)O2)c(=O)n1.CC.CCCCOP(O)O. The third kappa shape index (κ3) is 19.5. The smallest absolute Gasteiger partial charge is 0.444 e. The van der Waals surface area contributed by atoms with Crippen LogP contribution in [0.15, 0.2) is 40.9 Å². The van der Waals surface area contributed by atoms with Crippen molar-refractivity contribution in [3.05, 3.63) is 46.5 Å². The predicted molar refractivity (Wildman–Crippen MR) is 168 cm³/mol. The van der Waals surface area contributed by atoms with Crippen molar-refractivity contribution in [2.24, 2.45) is 0 Å². The molecular weight excluding hydrogens is 620 g/mol. The molecule has 2 unspecified atom stereocenters. The zero-order valence-corrected chi connectivity index (χ0v) is 28.2. The van der Waals surface area contributed by atoms with Crippen LogP contribution < -0.4 is 11.0 Å². The molecule has 1 aliphatic rings. The van der Waals surface area contributed by atoms with E-state index in [-0.39, 0.29) is 25.6 Å². The van der Waals surface area contributed by atoms with Crippen molar-refractivity contribution < 1.29 is 52.5 Å². The first-order valence-corrected chi connectivity index (χ1v) is 17.3.